The summed E-state index contributed by atoms with van der Waals surface area (Å²) in [5.74, 6) is 1.11. The van der Waals surface area contributed by atoms with E-state index in [2.05, 4.69) is 29.8 Å². The minimum Gasteiger partial charge on any atom is -0.493 e. The lowest BCUT2D eigenvalue weighted by molar-refractivity contribution is -0.937. The molecular formula is C40H61N3O10P+. The lowest BCUT2D eigenvalue weighted by Crippen LogP contribution is -2.49. The maximum atomic E-state index is 13.4. The molecule has 2 aromatic carbocycles. The third kappa shape index (κ3) is 12.1. The number of ether oxygens (including phenoxy) is 4. The number of hydrogen-bond donors (Lipinski definition) is 4. The van der Waals surface area contributed by atoms with Gasteiger partial charge < -0.3 is 43.6 Å². The maximum absolute atomic E-state index is 13.4. The smallest absolute Gasteiger partial charge is 0.472 e. The third-order valence-corrected chi connectivity index (χ3v) is 11.5. The van der Waals surface area contributed by atoms with Gasteiger partial charge in [0.15, 0.2) is 18.3 Å². The minimum absolute atomic E-state index is 0.154. The number of phosphoric ester groups is 1. The van der Waals surface area contributed by atoms with Crippen molar-refractivity contribution in [2.24, 2.45) is 5.92 Å². The van der Waals surface area contributed by atoms with E-state index in [0.29, 0.717) is 72.6 Å². The quantitative estimate of drug-likeness (QED) is 0.0533. The molecule has 1 unspecified atom stereocenters. The Morgan fingerprint density at radius 1 is 1.04 bits per heavy atom. The molecule has 2 fully saturated rings. The number of nitrogens with zero attached hydrogens (tertiary/aromatic N) is 2. The van der Waals surface area contributed by atoms with Crippen LogP contribution in [0.5, 0.6) is 17.2 Å². The number of carbonyl (C=O) groups excluding carboxylic acids is 1. The Hall–Kier alpha value is -3.21. The number of methoxy groups -OCH3 is 1. The third-order valence-electron chi connectivity index (χ3n) is 11.1. The first-order valence-corrected chi connectivity index (χ1v) is 20.7. The second-order valence-corrected chi connectivity index (χ2v) is 17.0. The van der Waals surface area contributed by atoms with E-state index in [1.54, 1.807) is 13.2 Å². The molecule has 4 N–H and O–H groups in total. The first kappa shape index (κ1) is 43.5. The van der Waals surface area contributed by atoms with E-state index in [0.717, 1.165) is 49.9 Å². The molecule has 0 aliphatic heterocycles. The number of hydrogen-bond acceptors (Lipinski definition) is 10. The van der Waals surface area contributed by atoms with E-state index < -0.39 is 26.1 Å². The molecule has 4 rings (SSSR count). The number of benzene rings is 2. The van der Waals surface area contributed by atoms with Crippen molar-refractivity contribution >= 4 is 13.8 Å². The number of carbonyl (C=O) groups is 1. The molecule has 1 atom stereocenters. The fourth-order valence-electron chi connectivity index (χ4n) is 7.45. The van der Waals surface area contributed by atoms with Crippen LogP contribution < -0.4 is 19.5 Å². The zero-order chi connectivity index (χ0) is 39.6. The first-order valence-electron chi connectivity index (χ1n) is 19.2. The van der Waals surface area contributed by atoms with Crippen molar-refractivity contribution in [3.63, 3.8) is 0 Å². The van der Waals surface area contributed by atoms with E-state index in [1.165, 1.54) is 0 Å². The summed E-state index contributed by atoms with van der Waals surface area (Å²) < 4.78 is 40.0. The molecule has 0 aromatic heterocycles. The van der Waals surface area contributed by atoms with Crippen molar-refractivity contribution in [2.45, 2.75) is 116 Å². The van der Waals surface area contributed by atoms with Crippen LogP contribution in [0.3, 0.4) is 0 Å². The molecule has 0 amide bonds. The van der Waals surface area contributed by atoms with Crippen molar-refractivity contribution in [1.82, 2.24) is 5.32 Å². The highest BCUT2D eigenvalue weighted by Gasteiger charge is 2.40. The fourth-order valence-corrected chi connectivity index (χ4v) is 7.64. The zero-order valence-electron chi connectivity index (χ0n) is 32.8. The second-order valence-electron chi connectivity index (χ2n) is 15.8. The molecule has 0 heterocycles. The van der Waals surface area contributed by atoms with Gasteiger partial charge in [-0.1, -0.05) is 12.1 Å². The molecule has 2 aliphatic carbocycles. The summed E-state index contributed by atoms with van der Waals surface area (Å²) in [7, 11) is -3.14. The number of quaternary nitrogens is 1. The standard InChI is InChI=1S/C40H60N3O10P/c1-7-43(8-2,26-31-14-13-30(34(44)25-42-39(3,4)5)23-36(31)51-28-52-54(46,47)48)21-22-50-38(45)29-17-19-40(27-41,20-18-29)32-15-16-35(49-6)37(24-32)53-33-11-9-10-12-33/h13-16,23-24,29,33-34,42,44H,7-12,17-22,25-26,28H2,1-6H3,(H-,46,47,48)/p+1/t29-,34?,40+. The summed E-state index contributed by atoms with van der Waals surface area (Å²) in [4.78, 5) is 31.8. The van der Waals surface area contributed by atoms with Crippen LogP contribution in [0.2, 0.25) is 0 Å². The lowest BCUT2D eigenvalue weighted by Gasteiger charge is -2.38. The summed E-state index contributed by atoms with van der Waals surface area (Å²) in [6.45, 7) is 12.4. The van der Waals surface area contributed by atoms with Crippen molar-refractivity contribution in [1.29, 1.82) is 5.26 Å². The summed E-state index contributed by atoms with van der Waals surface area (Å²) >= 11 is 0. The number of nitriles is 1. The Kier molecular flexibility index (Phi) is 15.4. The van der Waals surface area contributed by atoms with Gasteiger partial charge in [0, 0.05) is 17.6 Å². The number of aliphatic hydroxyl groups excluding tert-OH is 1. The Morgan fingerprint density at radius 2 is 1.72 bits per heavy atom. The number of phosphoric acid groups is 1. The number of likely N-dealkylation sites (N-methyl/N-ethyl adjacent to an activating group) is 1. The Bertz CT molecular complexity index is 1620. The van der Waals surface area contributed by atoms with Gasteiger partial charge in [0.2, 0.25) is 0 Å². The van der Waals surface area contributed by atoms with Crippen molar-refractivity contribution in [3.8, 4) is 23.3 Å². The van der Waals surface area contributed by atoms with Gasteiger partial charge in [0.25, 0.3) is 0 Å². The Labute approximate surface area is 320 Å². The average molecular weight is 775 g/mol. The van der Waals surface area contributed by atoms with Crippen LogP contribution >= 0.6 is 7.82 Å². The summed E-state index contributed by atoms with van der Waals surface area (Å²) in [6.07, 6.45) is 5.78. The first-order chi connectivity index (χ1) is 25.5. The van der Waals surface area contributed by atoms with Crippen LogP contribution in [-0.4, -0.2) is 83.7 Å². The topological polar surface area (TPSA) is 177 Å². The Morgan fingerprint density at radius 3 is 2.31 bits per heavy atom. The molecule has 2 aliphatic rings. The summed E-state index contributed by atoms with van der Waals surface area (Å²) in [5.41, 5.74) is 1.30. The average Bonchev–Trinajstić information content (AvgIpc) is 3.66. The molecule has 0 spiro atoms. The molecule has 2 aromatic rings. The van der Waals surface area contributed by atoms with Gasteiger partial charge >= 0.3 is 13.8 Å². The number of aliphatic hydroxyl groups is 1. The maximum Gasteiger partial charge on any atom is 0.472 e. The normalized spacial score (nSPS) is 20.3. The largest absolute Gasteiger partial charge is 0.493 e. The lowest BCUT2D eigenvalue weighted by atomic mass is 9.67. The fraction of sp³-hybridized carbons (Fsp3) is 0.650. The van der Waals surface area contributed by atoms with Gasteiger partial charge in [-0.05, 0) is 121 Å². The number of esters is 1. The molecule has 300 valence electrons. The predicted octanol–water partition coefficient (Wildman–Crippen LogP) is 6.44. The molecule has 2 saturated carbocycles. The molecule has 0 radical (unpaired) electrons. The van der Waals surface area contributed by atoms with Crippen LogP contribution in [0, 0.1) is 17.2 Å². The number of β-amino-alcohol motifs (C(OH)–C–C–N with tert-alkyl or cyclic N) is 1. The van der Waals surface area contributed by atoms with Crippen molar-refractivity contribution in [2.75, 3.05) is 46.7 Å². The van der Waals surface area contributed by atoms with E-state index in [9.17, 15) is 29.5 Å². The van der Waals surface area contributed by atoms with E-state index in [1.807, 2.05) is 51.1 Å². The van der Waals surface area contributed by atoms with Gasteiger partial charge in [-0.25, -0.2) is 9.09 Å². The van der Waals surface area contributed by atoms with E-state index in [4.69, 9.17) is 18.9 Å². The van der Waals surface area contributed by atoms with E-state index >= 15 is 0 Å². The highest BCUT2D eigenvalue weighted by atomic mass is 31.2. The minimum atomic E-state index is -4.76. The van der Waals surface area contributed by atoms with Gasteiger partial charge in [0.05, 0.1) is 49.8 Å². The van der Waals surface area contributed by atoms with Gasteiger partial charge in [-0.2, -0.15) is 5.26 Å². The van der Waals surface area contributed by atoms with Crippen LogP contribution in [0.25, 0.3) is 0 Å². The van der Waals surface area contributed by atoms with Gasteiger partial charge in [-0.15, -0.1) is 0 Å². The van der Waals surface area contributed by atoms with Crippen LogP contribution in [0.15, 0.2) is 36.4 Å². The molecule has 0 saturated heterocycles. The van der Waals surface area contributed by atoms with Crippen molar-refractivity contribution < 1.29 is 52.2 Å². The van der Waals surface area contributed by atoms with Crippen molar-refractivity contribution in [3.05, 3.63) is 53.1 Å². The van der Waals surface area contributed by atoms with Crippen LogP contribution in [-0.2, 0) is 30.6 Å². The van der Waals surface area contributed by atoms with Crippen LogP contribution in [0.1, 0.15) is 109 Å². The number of nitrogens with one attached hydrogen (secondary N) is 1. The highest BCUT2D eigenvalue weighted by Crippen LogP contribution is 2.44. The van der Waals surface area contributed by atoms with Gasteiger partial charge in [0.1, 0.15) is 25.4 Å². The zero-order valence-corrected chi connectivity index (χ0v) is 33.7. The molecule has 54 heavy (non-hydrogen) atoms. The van der Waals surface area contributed by atoms with E-state index in [-0.39, 0.29) is 30.1 Å². The Balaban J connectivity index is 1.39. The van der Waals surface area contributed by atoms with Crippen LogP contribution in [0.4, 0.5) is 0 Å². The molecule has 0 bridgehead atoms. The highest BCUT2D eigenvalue weighted by molar-refractivity contribution is 7.46. The second kappa shape index (κ2) is 19.1. The number of rotatable bonds is 19. The summed E-state index contributed by atoms with van der Waals surface area (Å²) in [6, 6.07) is 13.7. The predicted molar refractivity (Wildman–Crippen MR) is 204 cm³/mol. The monoisotopic (exact) mass is 774 g/mol. The molecule has 14 heteroatoms. The van der Waals surface area contributed by atoms with Gasteiger partial charge in [-0.3, -0.25) is 4.79 Å². The summed E-state index contributed by atoms with van der Waals surface area (Å²) in [5, 5.41) is 24.6. The molecular weight excluding hydrogens is 713 g/mol. The molecule has 13 nitrogen and oxygen atoms in total. The SMILES string of the molecule is CC[N+](CC)(CCOC(=O)[C@H]1CC[C@@](C#N)(c2ccc(OC)c(OC3CCCC3)c2)CC1)Cc1ccc(C(O)CNC(C)(C)C)cc1OCOP(=O)(O)O.